The summed E-state index contributed by atoms with van der Waals surface area (Å²) in [6.45, 7) is 9.48. The number of aromatic nitrogens is 3. The van der Waals surface area contributed by atoms with Crippen molar-refractivity contribution in [3.63, 3.8) is 0 Å². The number of hydrogen-bond acceptors (Lipinski definition) is 5. The Labute approximate surface area is 161 Å². The second-order valence-electron chi connectivity index (χ2n) is 6.71. The Morgan fingerprint density at radius 2 is 2.15 bits per heavy atom. The highest BCUT2D eigenvalue weighted by Crippen LogP contribution is 2.25. The molecule has 0 aromatic carbocycles. The van der Waals surface area contributed by atoms with Gasteiger partial charge < -0.3 is 19.6 Å². The number of aryl methyl sites for hydroxylation is 1. The van der Waals surface area contributed by atoms with Crippen LogP contribution in [0.2, 0.25) is 0 Å². The third kappa shape index (κ3) is 5.32. The molecule has 0 spiro atoms. The van der Waals surface area contributed by atoms with E-state index in [-0.39, 0.29) is 6.04 Å². The summed E-state index contributed by atoms with van der Waals surface area (Å²) in [7, 11) is 0. The summed E-state index contributed by atoms with van der Waals surface area (Å²) in [5.74, 6) is 2.83. The van der Waals surface area contributed by atoms with E-state index in [2.05, 4.69) is 50.2 Å². The molecule has 2 N–H and O–H groups in total. The normalized spacial score (nSPS) is 16.6. The van der Waals surface area contributed by atoms with Gasteiger partial charge in [0, 0.05) is 26.1 Å². The number of nitrogens with zero attached hydrogens (tertiary/aromatic N) is 5. The molecule has 1 fully saturated rings. The Balaban J connectivity index is 1.59. The van der Waals surface area contributed by atoms with Crippen LogP contribution in [-0.2, 0) is 13.0 Å². The summed E-state index contributed by atoms with van der Waals surface area (Å²) < 4.78 is 7.76. The Bertz CT molecular complexity index is 689. The monoisotopic (exact) mass is 373 g/mol. The molecule has 3 rings (SSSR count). The van der Waals surface area contributed by atoms with E-state index in [4.69, 9.17) is 9.41 Å². The average molecular weight is 374 g/mol. The molecular formula is C19H31N7O. The van der Waals surface area contributed by atoms with Crippen LogP contribution in [0.1, 0.15) is 44.3 Å². The molecule has 2 aromatic rings. The number of furan rings is 1. The molecule has 3 heterocycles. The average Bonchev–Trinajstić information content (AvgIpc) is 3.44. The lowest BCUT2D eigenvalue weighted by Gasteiger charge is -2.24. The van der Waals surface area contributed by atoms with Gasteiger partial charge in [-0.25, -0.2) is 0 Å². The van der Waals surface area contributed by atoms with Crippen molar-refractivity contribution in [3.05, 3.63) is 36.3 Å². The molecule has 0 aliphatic carbocycles. The minimum Gasteiger partial charge on any atom is -0.468 e. The molecule has 8 nitrogen and oxygen atoms in total. The fourth-order valence-corrected chi connectivity index (χ4v) is 3.47. The topological polar surface area (TPSA) is 83.5 Å². The first-order valence-corrected chi connectivity index (χ1v) is 9.98. The lowest BCUT2D eigenvalue weighted by molar-refractivity contribution is 0.221. The maximum Gasteiger partial charge on any atom is 0.191 e. The van der Waals surface area contributed by atoms with E-state index in [0.29, 0.717) is 6.54 Å². The minimum atomic E-state index is 0.197. The molecule has 0 amide bonds. The van der Waals surface area contributed by atoms with Gasteiger partial charge in [0.15, 0.2) is 5.96 Å². The van der Waals surface area contributed by atoms with Crippen LogP contribution in [0.4, 0.5) is 0 Å². The van der Waals surface area contributed by atoms with Gasteiger partial charge in [0.05, 0.1) is 18.8 Å². The molecule has 0 bridgehead atoms. The van der Waals surface area contributed by atoms with E-state index in [0.717, 1.165) is 56.7 Å². The molecule has 8 heteroatoms. The van der Waals surface area contributed by atoms with E-state index >= 15 is 0 Å². The molecule has 1 aliphatic rings. The highest BCUT2D eigenvalue weighted by molar-refractivity contribution is 5.79. The van der Waals surface area contributed by atoms with Crippen molar-refractivity contribution >= 4 is 5.96 Å². The van der Waals surface area contributed by atoms with Gasteiger partial charge >= 0.3 is 0 Å². The number of aliphatic imine (C=N–C) groups is 1. The molecule has 1 unspecified atom stereocenters. The summed E-state index contributed by atoms with van der Waals surface area (Å²) in [6, 6.07) is 4.20. The maximum absolute atomic E-state index is 5.69. The smallest absolute Gasteiger partial charge is 0.191 e. The molecule has 2 aromatic heterocycles. The third-order valence-corrected chi connectivity index (χ3v) is 4.88. The van der Waals surface area contributed by atoms with Gasteiger partial charge in [0.1, 0.15) is 17.9 Å². The fourth-order valence-electron chi connectivity index (χ4n) is 3.47. The van der Waals surface area contributed by atoms with E-state index in [1.807, 2.05) is 6.07 Å². The fraction of sp³-hybridized carbons (Fsp3) is 0.632. The van der Waals surface area contributed by atoms with Gasteiger partial charge in [-0.3, -0.25) is 9.89 Å². The zero-order valence-electron chi connectivity index (χ0n) is 16.4. The molecule has 1 saturated heterocycles. The second kappa shape index (κ2) is 10.1. The molecule has 0 radical (unpaired) electrons. The predicted octanol–water partition coefficient (Wildman–Crippen LogP) is 1.83. The maximum atomic E-state index is 5.69. The summed E-state index contributed by atoms with van der Waals surface area (Å²) in [4.78, 5) is 7.30. The van der Waals surface area contributed by atoms with E-state index in [9.17, 15) is 0 Å². The second-order valence-corrected chi connectivity index (χ2v) is 6.71. The molecule has 27 heavy (non-hydrogen) atoms. The zero-order chi connectivity index (χ0) is 18.9. The number of guanidine groups is 1. The van der Waals surface area contributed by atoms with Crippen molar-refractivity contribution in [2.24, 2.45) is 4.99 Å². The SMILES string of the molecule is CCNC(=NCC(c1ccco1)N1CCCC1)NCCn1cnnc1CC. The summed E-state index contributed by atoms with van der Waals surface area (Å²) in [5, 5.41) is 14.9. The molecular weight excluding hydrogens is 342 g/mol. The number of hydrogen-bond donors (Lipinski definition) is 2. The molecule has 0 saturated carbocycles. The largest absolute Gasteiger partial charge is 0.468 e. The Kier molecular flexibility index (Phi) is 7.27. The van der Waals surface area contributed by atoms with Crippen LogP contribution < -0.4 is 10.6 Å². The molecule has 148 valence electrons. The minimum absolute atomic E-state index is 0.197. The van der Waals surface area contributed by atoms with Crippen LogP contribution in [0, 0.1) is 0 Å². The number of nitrogens with one attached hydrogen (secondary N) is 2. The third-order valence-electron chi connectivity index (χ3n) is 4.88. The van der Waals surface area contributed by atoms with E-state index in [1.54, 1.807) is 12.6 Å². The quantitative estimate of drug-likeness (QED) is 0.515. The van der Waals surface area contributed by atoms with Crippen molar-refractivity contribution in [1.29, 1.82) is 0 Å². The van der Waals surface area contributed by atoms with Gasteiger partial charge in [-0.2, -0.15) is 0 Å². The van der Waals surface area contributed by atoms with Gasteiger partial charge in [-0.1, -0.05) is 6.92 Å². The Morgan fingerprint density at radius 1 is 1.30 bits per heavy atom. The van der Waals surface area contributed by atoms with Crippen molar-refractivity contribution in [2.45, 2.75) is 45.7 Å². The summed E-state index contributed by atoms with van der Waals surface area (Å²) in [5.41, 5.74) is 0. The van der Waals surface area contributed by atoms with Crippen molar-refractivity contribution in [2.75, 3.05) is 32.7 Å². The Morgan fingerprint density at radius 3 is 2.85 bits per heavy atom. The van der Waals surface area contributed by atoms with Crippen LogP contribution in [0.15, 0.2) is 34.1 Å². The van der Waals surface area contributed by atoms with Crippen LogP contribution in [0.5, 0.6) is 0 Å². The predicted molar refractivity (Wildman–Crippen MR) is 106 cm³/mol. The van der Waals surface area contributed by atoms with Crippen molar-refractivity contribution in [1.82, 2.24) is 30.3 Å². The highest BCUT2D eigenvalue weighted by Gasteiger charge is 2.25. The lowest BCUT2D eigenvalue weighted by Crippen LogP contribution is -2.39. The van der Waals surface area contributed by atoms with Crippen molar-refractivity contribution in [3.8, 4) is 0 Å². The van der Waals surface area contributed by atoms with E-state index in [1.165, 1.54) is 12.8 Å². The van der Waals surface area contributed by atoms with Crippen molar-refractivity contribution < 1.29 is 4.42 Å². The molecule has 1 atom stereocenters. The van der Waals surface area contributed by atoms with Gasteiger partial charge in [-0.15, -0.1) is 10.2 Å². The lowest BCUT2D eigenvalue weighted by atomic mass is 10.2. The first-order chi connectivity index (χ1) is 13.3. The number of rotatable bonds is 9. The standard InChI is InChI=1S/C19H31N7O/c1-3-18-24-23-15-26(18)12-9-21-19(20-4-2)22-14-16(17-8-7-13-27-17)25-10-5-6-11-25/h7-8,13,15-16H,3-6,9-12,14H2,1-2H3,(H2,20,21,22). The van der Waals surface area contributed by atoms with Crippen LogP contribution in [-0.4, -0.2) is 58.3 Å². The van der Waals surface area contributed by atoms with Gasteiger partial charge in [0.2, 0.25) is 0 Å². The van der Waals surface area contributed by atoms with Gasteiger partial charge in [0.25, 0.3) is 0 Å². The molecule has 1 aliphatic heterocycles. The highest BCUT2D eigenvalue weighted by atomic mass is 16.3. The summed E-state index contributed by atoms with van der Waals surface area (Å²) in [6.07, 6.45) is 6.91. The zero-order valence-corrected chi connectivity index (χ0v) is 16.4. The van der Waals surface area contributed by atoms with Crippen LogP contribution >= 0.6 is 0 Å². The first-order valence-electron chi connectivity index (χ1n) is 9.98. The van der Waals surface area contributed by atoms with E-state index < -0.39 is 0 Å². The van der Waals surface area contributed by atoms with Gasteiger partial charge in [-0.05, 0) is 45.0 Å². The number of likely N-dealkylation sites (tertiary alicyclic amines) is 1. The van der Waals surface area contributed by atoms with Crippen LogP contribution in [0.3, 0.4) is 0 Å². The van der Waals surface area contributed by atoms with Crippen LogP contribution in [0.25, 0.3) is 0 Å². The Hall–Kier alpha value is -2.35. The first kappa shape index (κ1) is 19.4. The summed E-state index contributed by atoms with van der Waals surface area (Å²) >= 11 is 0.